The van der Waals surface area contributed by atoms with Crippen molar-refractivity contribution in [3.8, 4) is 11.3 Å². The number of aromatic nitrogens is 3. The average molecular weight is 381 g/mol. The first-order chi connectivity index (χ1) is 13.6. The first-order valence-corrected chi connectivity index (χ1v) is 10.4. The van der Waals surface area contributed by atoms with E-state index in [2.05, 4.69) is 27.3 Å². The van der Waals surface area contributed by atoms with E-state index in [0.717, 1.165) is 61.0 Å². The van der Waals surface area contributed by atoms with Crippen molar-refractivity contribution in [2.75, 3.05) is 18.0 Å². The molecule has 3 fully saturated rings. The van der Waals surface area contributed by atoms with Crippen molar-refractivity contribution in [2.24, 2.45) is 11.8 Å². The summed E-state index contributed by atoms with van der Waals surface area (Å²) >= 11 is 0. The van der Waals surface area contributed by atoms with Crippen LogP contribution < -0.4 is 10.2 Å². The van der Waals surface area contributed by atoms with Gasteiger partial charge in [-0.15, -0.1) is 0 Å². The summed E-state index contributed by atoms with van der Waals surface area (Å²) in [6, 6.07) is 2.22. The van der Waals surface area contributed by atoms with Crippen molar-refractivity contribution in [3.63, 3.8) is 0 Å². The summed E-state index contributed by atoms with van der Waals surface area (Å²) in [5.41, 5.74) is 2.91. The molecule has 2 saturated carbocycles. The van der Waals surface area contributed by atoms with Gasteiger partial charge in [0.25, 0.3) is 0 Å². The molecule has 2 atom stereocenters. The molecule has 28 heavy (non-hydrogen) atoms. The maximum absolute atomic E-state index is 12.2. The largest absolute Gasteiger partial charge is 0.356 e. The van der Waals surface area contributed by atoms with Gasteiger partial charge < -0.3 is 14.7 Å². The zero-order valence-electron chi connectivity index (χ0n) is 16.5. The second-order valence-electron chi connectivity index (χ2n) is 8.67. The molecule has 0 radical (unpaired) electrons. The molecule has 1 amide bonds. The molecule has 3 aliphatic rings. The fourth-order valence-electron chi connectivity index (χ4n) is 4.11. The number of piperidine rings is 1. The fourth-order valence-corrected chi connectivity index (χ4v) is 4.11. The quantitative estimate of drug-likeness (QED) is 0.857. The third-order valence-corrected chi connectivity index (χ3v) is 6.23. The number of carbonyl (C=O) groups excluding carboxylic acids is 1. The lowest BCUT2D eigenvalue weighted by Gasteiger charge is -2.32. The van der Waals surface area contributed by atoms with E-state index in [1.54, 1.807) is 0 Å². The first-order valence-electron chi connectivity index (χ1n) is 10.4. The predicted octanol–water partition coefficient (Wildman–Crippen LogP) is 3.06. The van der Waals surface area contributed by atoms with Gasteiger partial charge in [-0.25, -0.2) is 9.97 Å². The lowest BCUT2D eigenvalue weighted by molar-refractivity contribution is -0.123. The lowest BCUT2D eigenvalue weighted by Crippen LogP contribution is -2.45. The van der Waals surface area contributed by atoms with Crippen molar-refractivity contribution < 1.29 is 9.32 Å². The maximum Gasteiger partial charge on any atom is 0.225 e. The fraction of sp³-hybridized carbons (Fsp3) is 0.619. The summed E-state index contributed by atoms with van der Waals surface area (Å²) in [6.45, 7) is 5.81. The van der Waals surface area contributed by atoms with E-state index in [1.165, 1.54) is 12.8 Å². The Labute approximate surface area is 164 Å². The van der Waals surface area contributed by atoms with E-state index in [-0.39, 0.29) is 17.9 Å². The molecule has 3 heterocycles. The number of anilines is 1. The molecule has 5 rings (SSSR count). The minimum absolute atomic E-state index is 0.241. The first kappa shape index (κ1) is 17.6. The van der Waals surface area contributed by atoms with Gasteiger partial charge in [0.05, 0.1) is 17.0 Å². The van der Waals surface area contributed by atoms with Crippen LogP contribution in [0, 0.1) is 18.8 Å². The molecular formula is C21H27N5O2. The van der Waals surface area contributed by atoms with Gasteiger partial charge in [-0.05, 0) is 44.9 Å². The van der Waals surface area contributed by atoms with Crippen LogP contribution in [0.25, 0.3) is 11.3 Å². The van der Waals surface area contributed by atoms with Gasteiger partial charge in [0.15, 0.2) is 5.76 Å². The second kappa shape index (κ2) is 6.87. The van der Waals surface area contributed by atoms with Gasteiger partial charge in [-0.1, -0.05) is 12.1 Å². The third kappa shape index (κ3) is 3.50. The van der Waals surface area contributed by atoms with Crippen LogP contribution in [0.3, 0.4) is 0 Å². The van der Waals surface area contributed by atoms with Crippen LogP contribution in [0.15, 0.2) is 16.8 Å². The molecule has 0 unspecified atom stereocenters. The van der Waals surface area contributed by atoms with Crippen LogP contribution in [0.4, 0.5) is 5.95 Å². The Morgan fingerprint density at radius 2 is 2.00 bits per heavy atom. The van der Waals surface area contributed by atoms with Gasteiger partial charge in [-0.2, -0.15) is 0 Å². The van der Waals surface area contributed by atoms with Crippen molar-refractivity contribution >= 4 is 11.9 Å². The number of amides is 1. The molecule has 2 aromatic heterocycles. The van der Waals surface area contributed by atoms with Crippen molar-refractivity contribution in [1.82, 2.24) is 20.4 Å². The Morgan fingerprint density at radius 3 is 2.61 bits per heavy atom. The molecule has 1 N–H and O–H groups in total. The summed E-state index contributed by atoms with van der Waals surface area (Å²) < 4.78 is 5.45. The predicted molar refractivity (Wildman–Crippen MR) is 105 cm³/mol. The Bertz CT molecular complexity index is 883. The smallest absolute Gasteiger partial charge is 0.225 e. The molecular weight excluding hydrogens is 354 g/mol. The van der Waals surface area contributed by atoms with Crippen LogP contribution in [0.1, 0.15) is 56.3 Å². The van der Waals surface area contributed by atoms with Crippen LogP contribution in [0.5, 0.6) is 0 Å². The SMILES string of the molecule is Cc1cc(-c2cnc(N3CCC(NC(=O)[C@H]4C[C@H]4C)CC3)nc2C2CC2)on1. The average Bonchev–Trinajstić information content (AvgIpc) is 3.62. The Hall–Kier alpha value is -2.44. The van der Waals surface area contributed by atoms with Gasteiger partial charge >= 0.3 is 0 Å². The van der Waals surface area contributed by atoms with E-state index >= 15 is 0 Å². The summed E-state index contributed by atoms with van der Waals surface area (Å²) in [6.07, 6.45) is 7.16. The highest BCUT2D eigenvalue weighted by Crippen LogP contribution is 2.44. The van der Waals surface area contributed by atoms with Gasteiger partial charge in [0.2, 0.25) is 11.9 Å². The molecule has 0 bridgehead atoms. The van der Waals surface area contributed by atoms with E-state index < -0.39 is 0 Å². The number of aryl methyl sites for hydroxylation is 1. The van der Waals surface area contributed by atoms with Gasteiger partial charge in [0, 0.05) is 43.2 Å². The molecule has 148 valence electrons. The number of nitrogens with one attached hydrogen (secondary N) is 1. The monoisotopic (exact) mass is 381 g/mol. The number of rotatable bonds is 5. The lowest BCUT2D eigenvalue weighted by atomic mass is 10.0. The highest BCUT2D eigenvalue weighted by molar-refractivity contribution is 5.81. The van der Waals surface area contributed by atoms with Crippen molar-refractivity contribution in [3.05, 3.63) is 23.7 Å². The van der Waals surface area contributed by atoms with E-state index in [1.807, 2.05) is 19.2 Å². The van der Waals surface area contributed by atoms with E-state index in [4.69, 9.17) is 9.51 Å². The van der Waals surface area contributed by atoms with Crippen molar-refractivity contribution in [2.45, 2.75) is 57.9 Å². The van der Waals surface area contributed by atoms with Crippen LogP contribution >= 0.6 is 0 Å². The molecule has 7 heteroatoms. The Morgan fingerprint density at radius 1 is 1.25 bits per heavy atom. The molecule has 2 aliphatic carbocycles. The minimum atomic E-state index is 0.241. The molecule has 1 saturated heterocycles. The summed E-state index contributed by atoms with van der Waals surface area (Å²) in [7, 11) is 0. The highest BCUT2D eigenvalue weighted by Gasteiger charge is 2.40. The normalized spacial score (nSPS) is 25.0. The maximum atomic E-state index is 12.2. The molecule has 0 aromatic carbocycles. The van der Waals surface area contributed by atoms with E-state index in [9.17, 15) is 4.79 Å². The van der Waals surface area contributed by atoms with Crippen molar-refractivity contribution in [1.29, 1.82) is 0 Å². The number of carbonyl (C=O) groups is 1. The third-order valence-electron chi connectivity index (χ3n) is 6.23. The second-order valence-corrected chi connectivity index (χ2v) is 8.67. The summed E-state index contributed by atoms with van der Waals surface area (Å²) in [4.78, 5) is 24.0. The topological polar surface area (TPSA) is 84.2 Å². The number of hydrogen-bond donors (Lipinski definition) is 1. The van der Waals surface area contributed by atoms with E-state index in [0.29, 0.717) is 11.8 Å². The van der Waals surface area contributed by atoms with Crippen LogP contribution in [-0.2, 0) is 4.79 Å². The molecule has 1 aliphatic heterocycles. The summed E-state index contributed by atoms with van der Waals surface area (Å²) in [5, 5.41) is 7.23. The van der Waals surface area contributed by atoms with Gasteiger partial charge in [-0.3, -0.25) is 4.79 Å². The number of nitrogens with zero attached hydrogens (tertiary/aromatic N) is 4. The van der Waals surface area contributed by atoms with Crippen LogP contribution in [-0.4, -0.2) is 40.2 Å². The van der Waals surface area contributed by atoms with Crippen LogP contribution in [0.2, 0.25) is 0 Å². The zero-order valence-corrected chi connectivity index (χ0v) is 16.5. The standard InChI is InChI=1S/C21H27N5O2/c1-12-9-16(12)20(27)23-15-5-7-26(8-6-15)21-22-11-17(18-10-13(2)25-28-18)19(24-21)14-3-4-14/h10-12,14-16H,3-9H2,1-2H3,(H,23,27)/t12-,16+/m1/s1. The minimum Gasteiger partial charge on any atom is -0.356 e. The summed E-state index contributed by atoms with van der Waals surface area (Å²) in [5.74, 6) is 3.09. The Balaban J connectivity index is 1.27. The highest BCUT2D eigenvalue weighted by atomic mass is 16.5. The zero-order chi connectivity index (χ0) is 19.3. The molecule has 0 spiro atoms. The molecule has 7 nitrogen and oxygen atoms in total. The number of hydrogen-bond acceptors (Lipinski definition) is 6. The Kier molecular flexibility index (Phi) is 4.33. The van der Waals surface area contributed by atoms with Gasteiger partial charge in [0.1, 0.15) is 0 Å². The molecule has 2 aromatic rings.